The zero-order valence-corrected chi connectivity index (χ0v) is 14.1. The summed E-state index contributed by atoms with van der Waals surface area (Å²) in [4.78, 5) is 23.0. The first-order valence-electron chi connectivity index (χ1n) is 8.36. The minimum absolute atomic E-state index is 0.0355. The third-order valence-corrected chi connectivity index (χ3v) is 4.05. The number of piperidine rings is 1. The Labute approximate surface area is 141 Å². The van der Waals surface area contributed by atoms with Crippen molar-refractivity contribution >= 4 is 5.91 Å². The minimum Gasteiger partial charge on any atom is -0.477 e. The van der Waals surface area contributed by atoms with Crippen molar-refractivity contribution < 1.29 is 9.53 Å². The molecule has 0 spiro atoms. The Hall–Kier alpha value is -2.44. The molecule has 7 nitrogen and oxygen atoms in total. The van der Waals surface area contributed by atoms with Crippen molar-refractivity contribution in [1.82, 2.24) is 24.6 Å². The fourth-order valence-corrected chi connectivity index (χ4v) is 2.85. The molecule has 0 unspecified atom stereocenters. The summed E-state index contributed by atoms with van der Waals surface area (Å²) in [5.74, 6) is 0.757. The van der Waals surface area contributed by atoms with E-state index in [0.717, 1.165) is 19.4 Å². The van der Waals surface area contributed by atoms with Gasteiger partial charge in [0.1, 0.15) is 18.2 Å². The summed E-state index contributed by atoms with van der Waals surface area (Å²) in [6.07, 6.45) is 6.83. The molecule has 1 saturated heterocycles. The number of ether oxygens (including phenoxy) is 1. The van der Waals surface area contributed by atoms with Crippen LogP contribution in [0.3, 0.4) is 0 Å². The van der Waals surface area contributed by atoms with Crippen LogP contribution in [0.5, 0.6) is 5.88 Å². The summed E-state index contributed by atoms with van der Waals surface area (Å²) in [6, 6.07) is 3.72. The van der Waals surface area contributed by atoms with E-state index in [1.807, 2.05) is 9.58 Å². The highest BCUT2D eigenvalue weighted by atomic mass is 16.5. The molecule has 0 aromatic carbocycles. The fourth-order valence-electron chi connectivity index (χ4n) is 2.85. The number of carbonyl (C=O) groups is 1. The van der Waals surface area contributed by atoms with Gasteiger partial charge < -0.3 is 9.64 Å². The molecule has 1 atom stereocenters. The lowest BCUT2D eigenvalue weighted by atomic mass is 10.0. The van der Waals surface area contributed by atoms with Gasteiger partial charge >= 0.3 is 0 Å². The maximum atomic E-state index is 12.9. The van der Waals surface area contributed by atoms with E-state index in [1.165, 1.54) is 6.33 Å². The Kier molecular flexibility index (Phi) is 5.08. The molecule has 0 bridgehead atoms. The van der Waals surface area contributed by atoms with E-state index in [9.17, 15) is 4.79 Å². The Morgan fingerprint density at radius 3 is 3.08 bits per heavy atom. The van der Waals surface area contributed by atoms with E-state index in [2.05, 4.69) is 28.9 Å². The van der Waals surface area contributed by atoms with Gasteiger partial charge in [-0.15, -0.1) is 0 Å². The third kappa shape index (κ3) is 3.72. The Balaban J connectivity index is 1.74. The van der Waals surface area contributed by atoms with Crippen molar-refractivity contribution in [3.63, 3.8) is 0 Å². The second-order valence-electron chi connectivity index (χ2n) is 6.48. The van der Waals surface area contributed by atoms with E-state index in [0.29, 0.717) is 30.5 Å². The zero-order valence-electron chi connectivity index (χ0n) is 14.1. The first-order chi connectivity index (χ1) is 11.6. The van der Waals surface area contributed by atoms with Crippen molar-refractivity contribution in [2.24, 2.45) is 5.92 Å². The number of likely N-dealkylation sites (tertiary alicyclic amines) is 1. The average Bonchev–Trinajstić information content (AvgIpc) is 3.14. The van der Waals surface area contributed by atoms with Crippen LogP contribution in [0.1, 0.15) is 43.1 Å². The van der Waals surface area contributed by atoms with Gasteiger partial charge in [-0.05, 0) is 30.9 Å². The van der Waals surface area contributed by atoms with Gasteiger partial charge in [-0.2, -0.15) is 5.10 Å². The van der Waals surface area contributed by atoms with Crippen molar-refractivity contribution in [2.45, 2.75) is 32.7 Å². The SMILES string of the molecule is CC(C)COc1ncccc1C(=O)N1CCC[C@H](n2cncn2)C1. The zero-order chi connectivity index (χ0) is 16.9. The Morgan fingerprint density at radius 2 is 2.33 bits per heavy atom. The first kappa shape index (κ1) is 16.4. The summed E-state index contributed by atoms with van der Waals surface area (Å²) in [5, 5.41) is 4.20. The molecule has 3 heterocycles. The second kappa shape index (κ2) is 7.42. The van der Waals surface area contributed by atoms with Gasteiger partial charge in [0, 0.05) is 19.3 Å². The molecule has 2 aromatic rings. The van der Waals surface area contributed by atoms with E-state index in [1.54, 1.807) is 24.7 Å². The van der Waals surface area contributed by atoms with Crippen molar-refractivity contribution in [3.05, 3.63) is 36.5 Å². The molecule has 1 aliphatic rings. The number of rotatable bonds is 5. The van der Waals surface area contributed by atoms with E-state index < -0.39 is 0 Å². The van der Waals surface area contributed by atoms with Crippen LogP contribution in [-0.4, -0.2) is 50.3 Å². The van der Waals surface area contributed by atoms with Gasteiger partial charge in [0.25, 0.3) is 5.91 Å². The maximum Gasteiger partial charge on any atom is 0.259 e. The van der Waals surface area contributed by atoms with Crippen LogP contribution in [0.15, 0.2) is 31.0 Å². The summed E-state index contributed by atoms with van der Waals surface area (Å²) in [7, 11) is 0. The van der Waals surface area contributed by atoms with Crippen LogP contribution in [0.25, 0.3) is 0 Å². The molecule has 0 N–H and O–H groups in total. The smallest absolute Gasteiger partial charge is 0.259 e. The summed E-state index contributed by atoms with van der Waals surface area (Å²) >= 11 is 0. The maximum absolute atomic E-state index is 12.9. The van der Waals surface area contributed by atoms with Crippen molar-refractivity contribution in [1.29, 1.82) is 0 Å². The lowest BCUT2D eigenvalue weighted by Gasteiger charge is -2.32. The van der Waals surface area contributed by atoms with E-state index in [4.69, 9.17) is 4.74 Å². The van der Waals surface area contributed by atoms with Gasteiger partial charge in [-0.25, -0.2) is 14.6 Å². The van der Waals surface area contributed by atoms with Crippen LogP contribution in [0.4, 0.5) is 0 Å². The lowest BCUT2D eigenvalue weighted by Crippen LogP contribution is -2.41. The van der Waals surface area contributed by atoms with Crippen LogP contribution in [0, 0.1) is 5.92 Å². The highest BCUT2D eigenvalue weighted by Crippen LogP contribution is 2.24. The predicted octanol–water partition coefficient (Wildman–Crippen LogP) is 2.19. The number of carbonyl (C=O) groups excluding carboxylic acids is 1. The molecule has 0 radical (unpaired) electrons. The Bertz CT molecular complexity index is 671. The molecular weight excluding hydrogens is 306 g/mol. The van der Waals surface area contributed by atoms with Crippen LogP contribution >= 0.6 is 0 Å². The quantitative estimate of drug-likeness (QED) is 0.840. The normalized spacial score (nSPS) is 18.0. The Morgan fingerprint density at radius 1 is 1.46 bits per heavy atom. The summed E-state index contributed by atoms with van der Waals surface area (Å²) < 4.78 is 7.56. The number of amides is 1. The standard InChI is InChI=1S/C17H23N5O2/c1-13(2)10-24-16-15(6-3-7-19-16)17(23)21-8-4-5-14(9-21)22-12-18-11-20-22/h3,6-7,11-14H,4-5,8-10H2,1-2H3/t14-/m0/s1. The molecule has 0 saturated carbocycles. The number of nitrogens with zero attached hydrogens (tertiary/aromatic N) is 5. The molecule has 2 aromatic heterocycles. The number of pyridine rings is 1. The second-order valence-corrected chi connectivity index (χ2v) is 6.48. The van der Waals surface area contributed by atoms with Gasteiger partial charge in [0.05, 0.1) is 12.6 Å². The summed E-state index contributed by atoms with van der Waals surface area (Å²) in [5.41, 5.74) is 0.525. The van der Waals surface area contributed by atoms with Gasteiger partial charge in [0.15, 0.2) is 0 Å². The van der Waals surface area contributed by atoms with Gasteiger partial charge in [-0.1, -0.05) is 13.8 Å². The third-order valence-electron chi connectivity index (χ3n) is 4.05. The molecule has 24 heavy (non-hydrogen) atoms. The highest BCUT2D eigenvalue weighted by Gasteiger charge is 2.27. The van der Waals surface area contributed by atoms with Crippen LogP contribution in [0.2, 0.25) is 0 Å². The highest BCUT2D eigenvalue weighted by molar-refractivity contribution is 5.96. The molecule has 1 fully saturated rings. The topological polar surface area (TPSA) is 73.1 Å². The van der Waals surface area contributed by atoms with Crippen molar-refractivity contribution in [2.75, 3.05) is 19.7 Å². The molecular formula is C17H23N5O2. The average molecular weight is 329 g/mol. The monoisotopic (exact) mass is 329 g/mol. The number of hydrogen-bond donors (Lipinski definition) is 0. The number of aromatic nitrogens is 4. The van der Waals surface area contributed by atoms with Gasteiger partial charge in [0.2, 0.25) is 5.88 Å². The van der Waals surface area contributed by atoms with Crippen molar-refractivity contribution in [3.8, 4) is 5.88 Å². The predicted molar refractivity (Wildman–Crippen MR) is 88.8 cm³/mol. The molecule has 1 amide bonds. The molecule has 0 aliphatic carbocycles. The first-order valence-corrected chi connectivity index (χ1v) is 8.36. The number of hydrogen-bond acceptors (Lipinski definition) is 5. The van der Waals surface area contributed by atoms with E-state index >= 15 is 0 Å². The minimum atomic E-state index is -0.0355. The fraction of sp³-hybridized carbons (Fsp3) is 0.529. The molecule has 3 rings (SSSR count). The molecule has 1 aliphatic heterocycles. The lowest BCUT2D eigenvalue weighted by molar-refractivity contribution is 0.0666. The van der Waals surface area contributed by atoms with Gasteiger partial charge in [-0.3, -0.25) is 4.79 Å². The molecule has 128 valence electrons. The molecule has 7 heteroatoms. The van der Waals surface area contributed by atoms with E-state index in [-0.39, 0.29) is 11.9 Å². The summed E-state index contributed by atoms with van der Waals surface area (Å²) in [6.45, 7) is 6.04. The van der Waals surface area contributed by atoms with Crippen LogP contribution in [-0.2, 0) is 0 Å². The van der Waals surface area contributed by atoms with Crippen LogP contribution < -0.4 is 4.74 Å². The largest absolute Gasteiger partial charge is 0.477 e.